The van der Waals surface area contributed by atoms with E-state index in [1.807, 2.05) is 0 Å². The fourth-order valence-electron chi connectivity index (χ4n) is 4.44. The van der Waals surface area contributed by atoms with E-state index in [-0.39, 0.29) is 30.3 Å². The highest BCUT2D eigenvalue weighted by Crippen LogP contribution is 2.32. The van der Waals surface area contributed by atoms with Crippen molar-refractivity contribution in [2.45, 2.75) is 69.6 Å². The van der Waals surface area contributed by atoms with E-state index in [1.165, 1.54) is 12.1 Å². The van der Waals surface area contributed by atoms with Gasteiger partial charge >= 0.3 is 0 Å². The third-order valence-electron chi connectivity index (χ3n) is 5.98. The van der Waals surface area contributed by atoms with Crippen molar-refractivity contribution in [2.75, 3.05) is 13.1 Å². The van der Waals surface area contributed by atoms with Gasteiger partial charge in [0.05, 0.1) is 0 Å². The van der Waals surface area contributed by atoms with Crippen LogP contribution in [0.4, 0.5) is 4.39 Å². The van der Waals surface area contributed by atoms with Crippen LogP contribution in [0.25, 0.3) is 0 Å². The van der Waals surface area contributed by atoms with Crippen LogP contribution in [0.3, 0.4) is 0 Å². The van der Waals surface area contributed by atoms with Gasteiger partial charge in [-0.2, -0.15) is 0 Å². The molecule has 3 rings (SSSR count). The minimum Gasteiger partial charge on any atom is -0.373 e. The zero-order valence-electron chi connectivity index (χ0n) is 16.2. The van der Waals surface area contributed by atoms with E-state index in [0.717, 1.165) is 32.2 Å². The Labute approximate surface area is 170 Å². The summed E-state index contributed by atoms with van der Waals surface area (Å²) in [6, 6.07) is 4.68. The van der Waals surface area contributed by atoms with Crippen molar-refractivity contribution >= 4 is 23.3 Å². The van der Waals surface area contributed by atoms with Crippen LogP contribution in [0.2, 0.25) is 5.02 Å². The molecular formula is C21H28ClFN2O3. The average Bonchev–Trinajstić information content (AvgIpc) is 2.96. The number of hydrogen-bond acceptors (Lipinski definition) is 4. The van der Waals surface area contributed by atoms with Gasteiger partial charge in [-0.25, -0.2) is 4.39 Å². The highest BCUT2D eigenvalue weighted by molar-refractivity contribution is 6.30. The number of hydrogen-bond donors (Lipinski definition) is 2. The Kier molecular flexibility index (Phi) is 6.73. The highest BCUT2D eigenvalue weighted by Gasteiger charge is 2.52. The average molecular weight is 411 g/mol. The van der Waals surface area contributed by atoms with Crippen LogP contribution in [0.15, 0.2) is 18.2 Å². The summed E-state index contributed by atoms with van der Waals surface area (Å²) >= 11 is 5.84. The fraction of sp³-hybridized carbons (Fsp3) is 0.619. The van der Waals surface area contributed by atoms with E-state index in [2.05, 4.69) is 12.2 Å². The summed E-state index contributed by atoms with van der Waals surface area (Å²) in [5, 5.41) is 14.5. The first-order valence-electron chi connectivity index (χ1n) is 10.1. The summed E-state index contributed by atoms with van der Waals surface area (Å²) in [5.41, 5.74) is -1.37. The molecule has 7 heteroatoms. The van der Waals surface area contributed by atoms with Crippen LogP contribution in [-0.4, -0.2) is 52.5 Å². The van der Waals surface area contributed by atoms with Gasteiger partial charge < -0.3 is 15.3 Å². The van der Waals surface area contributed by atoms with Gasteiger partial charge in [-0.3, -0.25) is 9.59 Å². The van der Waals surface area contributed by atoms with Crippen LogP contribution in [-0.2, 0) is 16.0 Å². The molecule has 1 aromatic rings. The molecule has 1 saturated heterocycles. The Morgan fingerprint density at radius 1 is 1.32 bits per heavy atom. The molecule has 0 spiro atoms. The van der Waals surface area contributed by atoms with Gasteiger partial charge in [-0.05, 0) is 62.4 Å². The zero-order chi connectivity index (χ0) is 20.3. The maximum absolute atomic E-state index is 13.4. The molecule has 2 N–H and O–H groups in total. The number of carbonyl (C=O) groups excluding carboxylic acids is 2. The van der Waals surface area contributed by atoms with Crippen molar-refractivity contribution in [1.82, 2.24) is 10.2 Å². The van der Waals surface area contributed by atoms with E-state index >= 15 is 0 Å². The number of aryl methyl sites for hydroxylation is 1. The van der Waals surface area contributed by atoms with Crippen molar-refractivity contribution in [2.24, 2.45) is 0 Å². The van der Waals surface area contributed by atoms with Gasteiger partial charge in [0, 0.05) is 36.5 Å². The largest absolute Gasteiger partial charge is 0.373 e. The Morgan fingerprint density at radius 2 is 2.04 bits per heavy atom. The minimum absolute atomic E-state index is 0.0248. The molecule has 1 heterocycles. The molecule has 154 valence electrons. The predicted octanol–water partition coefficient (Wildman–Crippen LogP) is 2.86. The summed E-state index contributed by atoms with van der Waals surface area (Å²) < 4.78 is 13.4. The number of nitrogens with zero attached hydrogens (tertiary/aromatic N) is 1. The van der Waals surface area contributed by atoms with E-state index in [0.29, 0.717) is 18.2 Å². The molecule has 1 amide bonds. The molecule has 5 nitrogen and oxygen atoms in total. The topological polar surface area (TPSA) is 69.6 Å². The third-order valence-corrected chi connectivity index (χ3v) is 6.20. The smallest absolute Gasteiger partial charge is 0.262 e. The lowest BCUT2D eigenvalue weighted by Crippen LogP contribution is -2.50. The molecule has 1 saturated carbocycles. The van der Waals surface area contributed by atoms with Crippen LogP contribution in [0.1, 0.15) is 51.0 Å². The lowest BCUT2D eigenvalue weighted by atomic mass is 9.89. The Hall–Kier alpha value is -1.50. The molecule has 0 bridgehead atoms. The number of benzene rings is 1. The zero-order valence-corrected chi connectivity index (χ0v) is 17.0. The second-order valence-electron chi connectivity index (χ2n) is 7.87. The van der Waals surface area contributed by atoms with Crippen LogP contribution in [0, 0.1) is 5.82 Å². The number of aliphatic hydroxyl groups is 1. The molecule has 1 aliphatic carbocycles. The number of rotatable bonds is 7. The summed E-state index contributed by atoms with van der Waals surface area (Å²) in [5.74, 6) is -1.44. The lowest BCUT2D eigenvalue weighted by Gasteiger charge is -2.35. The standard InChI is InChI=1S/C21H28ClFN2O3/c1-2-24-17-4-6-18(7-5-17)25-10-9-21(28,20(25)27)19(26)8-3-14-11-15(22)13-16(23)12-14/h11-13,17-18,24,28H,2-10H2,1H3. The van der Waals surface area contributed by atoms with E-state index in [9.17, 15) is 19.1 Å². The van der Waals surface area contributed by atoms with Crippen LogP contribution in [0.5, 0.6) is 0 Å². The van der Waals surface area contributed by atoms with Gasteiger partial charge in [0.1, 0.15) is 5.82 Å². The number of halogens is 2. The minimum atomic E-state index is -1.95. The summed E-state index contributed by atoms with van der Waals surface area (Å²) in [6.45, 7) is 3.42. The number of likely N-dealkylation sites (tertiary alicyclic amines) is 1. The molecule has 1 atom stereocenters. The van der Waals surface area contributed by atoms with Crippen molar-refractivity contribution in [3.05, 3.63) is 34.6 Å². The molecule has 1 unspecified atom stereocenters. The molecule has 2 aliphatic rings. The van der Waals surface area contributed by atoms with Crippen molar-refractivity contribution in [1.29, 1.82) is 0 Å². The van der Waals surface area contributed by atoms with Crippen molar-refractivity contribution in [3.63, 3.8) is 0 Å². The van der Waals surface area contributed by atoms with Gasteiger partial charge in [-0.1, -0.05) is 18.5 Å². The molecule has 1 aliphatic heterocycles. The fourth-order valence-corrected chi connectivity index (χ4v) is 4.68. The number of Topliss-reactive ketones (excluding diaryl/α,β-unsaturated/α-hetero) is 1. The molecule has 28 heavy (non-hydrogen) atoms. The lowest BCUT2D eigenvalue weighted by molar-refractivity contribution is -0.154. The van der Waals surface area contributed by atoms with Gasteiger partial charge in [0.25, 0.3) is 5.91 Å². The Balaban J connectivity index is 1.58. The predicted molar refractivity (Wildman–Crippen MR) is 106 cm³/mol. The Bertz CT molecular complexity index is 716. The van der Waals surface area contributed by atoms with E-state index in [4.69, 9.17) is 11.6 Å². The third kappa shape index (κ3) is 4.56. The monoisotopic (exact) mass is 410 g/mol. The molecular weight excluding hydrogens is 383 g/mol. The number of amides is 1. The molecule has 1 aromatic carbocycles. The van der Waals surface area contributed by atoms with Crippen LogP contribution >= 0.6 is 11.6 Å². The summed E-state index contributed by atoms with van der Waals surface area (Å²) in [4.78, 5) is 27.2. The quantitative estimate of drug-likeness (QED) is 0.678. The molecule has 0 radical (unpaired) electrons. The number of nitrogens with one attached hydrogen (secondary N) is 1. The first-order valence-corrected chi connectivity index (χ1v) is 10.5. The van der Waals surface area contributed by atoms with Crippen LogP contribution < -0.4 is 5.32 Å². The van der Waals surface area contributed by atoms with E-state index in [1.54, 1.807) is 11.0 Å². The second kappa shape index (κ2) is 8.89. The maximum Gasteiger partial charge on any atom is 0.262 e. The normalized spacial score (nSPS) is 28.0. The Morgan fingerprint density at radius 3 is 2.68 bits per heavy atom. The number of carbonyl (C=O) groups is 2. The maximum atomic E-state index is 13.4. The first kappa shape index (κ1) is 21.2. The van der Waals surface area contributed by atoms with E-state index < -0.39 is 23.1 Å². The second-order valence-corrected chi connectivity index (χ2v) is 8.31. The van der Waals surface area contributed by atoms with Gasteiger partial charge in [0.15, 0.2) is 5.78 Å². The van der Waals surface area contributed by atoms with Crippen molar-refractivity contribution < 1.29 is 19.1 Å². The summed E-state index contributed by atoms with van der Waals surface area (Å²) in [7, 11) is 0. The van der Waals surface area contributed by atoms with Gasteiger partial charge in [-0.15, -0.1) is 0 Å². The number of ketones is 1. The molecule has 2 fully saturated rings. The first-order chi connectivity index (χ1) is 13.3. The SMILES string of the molecule is CCNC1CCC(N2CCC(O)(C(=O)CCc3cc(F)cc(Cl)c3)C2=O)CC1. The van der Waals surface area contributed by atoms with Gasteiger partial charge in [0.2, 0.25) is 5.60 Å². The highest BCUT2D eigenvalue weighted by atomic mass is 35.5. The van der Waals surface area contributed by atoms with Crippen molar-refractivity contribution in [3.8, 4) is 0 Å². The molecule has 0 aromatic heterocycles. The summed E-state index contributed by atoms with van der Waals surface area (Å²) in [6.07, 6.45) is 4.10.